The average molecular weight is 421 g/mol. The minimum atomic E-state index is -3.53. The molecule has 7 nitrogen and oxygen atoms in total. The Balaban J connectivity index is 2.04. The van der Waals surface area contributed by atoms with Gasteiger partial charge in [-0.3, -0.25) is 9.10 Å². The van der Waals surface area contributed by atoms with Crippen LogP contribution in [0.15, 0.2) is 48.5 Å². The molecular formula is C21H28N2O5S. The van der Waals surface area contributed by atoms with Gasteiger partial charge in [0.05, 0.1) is 30.8 Å². The van der Waals surface area contributed by atoms with Crippen molar-refractivity contribution in [2.45, 2.75) is 26.7 Å². The van der Waals surface area contributed by atoms with Crippen LogP contribution in [0.3, 0.4) is 0 Å². The maximum Gasteiger partial charge on any atom is 0.232 e. The fourth-order valence-corrected chi connectivity index (χ4v) is 3.82. The zero-order chi connectivity index (χ0) is 21.3. The van der Waals surface area contributed by atoms with Gasteiger partial charge in [0, 0.05) is 13.0 Å². The number of nitrogens with one attached hydrogen (secondary N) is 1. The highest BCUT2D eigenvalue weighted by Crippen LogP contribution is 2.30. The van der Waals surface area contributed by atoms with Gasteiger partial charge in [-0.25, -0.2) is 8.42 Å². The van der Waals surface area contributed by atoms with Crippen molar-refractivity contribution < 1.29 is 22.7 Å². The van der Waals surface area contributed by atoms with E-state index in [1.165, 1.54) is 4.31 Å². The first-order valence-electron chi connectivity index (χ1n) is 9.58. The molecule has 2 aromatic carbocycles. The molecule has 1 N–H and O–H groups in total. The van der Waals surface area contributed by atoms with Gasteiger partial charge in [-0.15, -0.1) is 0 Å². The average Bonchev–Trinajstić information content (AvgIpc) is 2.67. The minimum absolute atomic E-state index is 0.170. The summed E-state index contributed by atoms with van der Waals surface area (Å²) in [7, 11) is -3.53. The Morgan fingerprint density at radius 1 is 0.966 bits per heavy atom. The molecule has 0 aliphatic rings. The summed E-state index contributed by atoms with van der Waals surface area (Å²) in [5, 5.41) is 2.82. The van der Waals surface area contributed by atoms with Crippen LogP contribution < -0.4 is 19.1 Å². The third kappa shape index (κ3) is 6.67. The monoisotopic (exact) mass is 420 g/mol. The summed E-state index contributed by atoms with van der Waals surface area (Å²) in [5.74, 6) is 0.894. The minimum Gasteiger partial charge on any atom is -0.492 e. The molecule has 8 heteroatoms. The number of hydrogen-bond donors (Lipinski definition) is 1. The molecule has 2 aromatic rings. The van der Waals surface area contributed by atoms with Gasteiger partial charge in [0.25, 0.3) is 0 Å². The highest BCUT2D eigenvalue weighted by Gasteiger charge is 2.21. The SMILES string of the molecule is CCOc1ccccc1NC(=O)CCCN(c1ccccc1OCC)S(C)(=O)=O. The molecule has 0 bridgehead atoms. The summed E-state index contributed by atoms with van der Waals surface area (Å²) in [4.78, 5) is 12.3. The smallest absolute Gasteiger partial charge is 0.232 e. The van der Waals surface area contributed by atoms with Crippen molar-refractivity contribution in [1.82, 2.24) is 0 Å². The topological polar surface area (TPSA) is 84.9 Å². The Morgan fingerprint density at radius 2 is 1.55 bits per heavy atom. The van der Waals surface area contributed by atoms with Crippen molar-refractivity contribution in [3.05, 3.63) is 48.5 Å². The second-order valence-corrected chi connectivity index (χ2v) is 8.22. The normalized spacial score (nSPS) is 11.0. The van der Waals surface area contributed by atoms with Crippen LogP contribution in [0, 0.1) is 0 Å². The molecule has 0 aliphatic carbocycles. The summed E-state index contributed by atoms with van der Waals surface area (Å²) in [6.45, 7) is 4.81. The first kappa shape index (κ1) is 22.5. The number of carbonyl (C=O) groups excluding carboxylic acids is 1. The predicted octanol–water partition coefficient (Wildman–Crippen LogP) is 3.67. The van der Waals surface area contributed by atoms with E-state index in [-0.39, 0.29) is 18.9 Å². The van der Waals surface area contributed by atoms with E-state index in [1.807, 2.05) is 26.0 Å². The number of ether oxygens (including phenoxy) is 2. The van der Waals surface area contributed by atoms with Crippen LogP contribution in [0.5, 0.6) is 11.5 Å². The Morgan fingerprint density at radius 3 is 2.21 bits per heavy atom. The molecule has 0 fully saturated rings. The van der Waals surface area contributed by atoms with Crippen LogP contribution in [-0.2, 0) is 14.8 Å². The number of sulfonamides is 1. The molecule has 1 amide bonds. The Hall–Kier alpha value is -2.74. The summed E-state index contributed by atoms with van der Waals surface area (Å²) < 4.78 is 37.0. The molecule has 29 heavy (non-hydrogen) atoms. The van der Waals surface area contributed by atoms with E-state index >= 15 is 0 Å². The number of nitrogens with zero attached hydrogens (tertiary/aromatic N) is 1. The van der Waals surface area contributed by atoms with Gasteiger partial charge >= 0.3 is 0 Å². The lowest BCUT2D eigenvalue weighted by molar-refractivity contribution is -0.116. The van der Waals surface area contributed by atoms with Crippen LogP contribution in [-0.4, -0.2) is 40.3 Å². The number of para-hydroxylation sites is 4. The maximum atomic E-state index is 12.3. The van der Waals surface area contributed by atoms with E-state index in [0.29, 0.717) is 42.5 Å². The van der Waals surface area contributed by atoms with Crippen molar-refractivity contribution in [2.75, 3.05) is 35.6 Å². The van der Waals surface area contributed by atoms with E-state index in [1.54, 1.807) is 36.4 Å². The van der Waals surface area contributed by atoms with Crippen molar-refractivity contribution in [3.8, 4) is 11.5 Å². The van der Waals surface area contributed by atoms with E-state index < -0.39 is 10.0 Å². The fraction of sp³-hybridized carbons (Fsp3) is 0.381. The van der Waals surface area contributed by atoms with Gasteiger partial charge in [-0.1, -0.05) is 24.3 Å². The molecule has 0 saturated carbocycles. The number of rotatable bonds is 11. The van der Waals surface area contributed by atoms with E-state index in [9.17, 15) is 13.2 Å². The highest BCUT2D eigenvalue weighted by atomic mass is 32.2. The molecule has 0 radical (unpaired) electrons. The highest BCUT2D eigenvalue weighted by molar-refractivity contribution is 7.92. The van der Waals surface area contributed by atoms with Crippen LogP contribution in [0.2, 0.25) is 0 Å². The number of hydrogen-bond acceptors (Lipinski definition) is 5. The van der Waals surface area contributed by atoms with Gasteiger partial charge in [-0.05, 0) is 44.5 Å². The standard InChI is InChI=1S/C21H28N2O5S/c1-4-27-19-13-8-6-11-17(19)22-21(24)15-10-16-23(29(3,25)26)18-12-7-9-14-20(18)28-5-2/h6-9,11-14H,4-5,10,15-16H2,1-3H3,(H,22,24). The molecule has 0 atom stereocenters. The zero-order valence-corrected chi connectivity index (χ0v) is 17.9. The fourth-order valence-electron chi connectivity index (χ4n) is 2.85. The molecule has 0 heterocycles. The van der Waals surface area contributed by atoms with E-state index in [0.717, 1.165) is 6.26 Å². The summed E-state index contributed by atoms with van der Waals surface area (Å²) >= 11 is 0. The van der Waals surface area contributed by atoms with Gasteiger partial charge in [0.2, 0.25) is 15.9 Å². The first-order valence-corrected chi connectivity index (χ1v) is 11.4. The van der Waals surface area contributed by atoms with E-state index in [2.05, 4.69) is 5.32 Å². The quantitative estimate of drug-likeness (QED) is 0.600. The molecular weight excluding hydrogens is 392 g/mol. The number of amides is 1. The van der Waals surface area contributed by atoms with Gasteiger partial charge < -0.3 is 14.8 Å². The first-order chi connectivity index (χ1) is 13.9. The lowest BCUT2D eigenvalue weighted by Crippen LogP contribution is -2.32. The second kappa shape index (κ2) is 10.7. The predicted molar refractivity (Wildman–Crippen MR) is 115 cm³/mol. The third-order valence-electron chi connectivity index (χ3n) is 4.06. The molecule has 0 aromatic heterocycles. The zero-order valence-electron chi connectivity index (χ0n) is 17.1. The second-order valence-electron chi connectivity index (χ2n) is 6.32. The molecule has 2 rings (SSSR count). The number of carbonyl (C=O) groups is 1. The number of benzene rings is 2. The van der Waals surface area contributed by atoms with Crippen molar-refractivity contribution in [1.29, 1.82) is 0 Å². The lowest BCUT2D eigenvalue weighted by Gasteiger charge is -2.24. The third-order valence-corrected chi connectivity index (χ3v) is 5.24. The van der Waals surface area contributed by atoms with Gasteiger partial charge in [0.1, 0.15) is 11.5 Å². The number of anilines is 2. The molecule has 0 unspecified atom stereocenters. The summed E-state index contributed by atoms with van der Waals surface area (Å²) in [6, 6.07) is 14.2. The molecule has 0 saturated heterocycles. The van der Waals surface area contributed by atoms with Crippen molar-refractivity contribution >= 4 is 27.3 Å². The van der Waals surface area contributed by atoms with Gasteiger partial charge in [0.15, 0.2) is 0 Å². The summed E-state index contributed by atoms with van der Waals surface area (Å²) in [6.07, 6.45) is 1.67. The Bertz CT molecular complexity index is 915. The van der Waals surface area contributed by atoms with Crippen LogP contribution in [0.1, 0.15) is 26.7 Å². The molecule has 0 aliphatic heterocycles. The summed E-state index contributed by atoms with van der Waals surface area (Å²) in [5.41, 5.74) is 1.07. The molecule has 158 valence electrons. The maximum absolute atomic E-state index is 12.3. The van der Waals surface area contributed by atoms with Crippen molar-refractivity contribution in [2.24, 2.45) is 0 Å². The Kier molecular flexibility index (Phi) is 8.33. The van der Waals surface area contributed by atoms with Crippen molar-refractivity contribution in [3.63, 3.8) is 0 Å². The lowest BCUT2D eigenvalue weighted by atomic mass is 10.2. The van der Waals surface area contributed by atoms with Crippen LogP contribution >= 0.6 is 0 Å². The van der Waals surface area contributed by atoms with Crippen LogP contribution in [0.4, 0.5) is 11.4 Å². The Labute approximate surface area is 172 Å². The largest absolute Gasteiger partial charge is 0.492 e. The van der Waals surface area contributed by atoms with Gasteiger partial charge in [-0.2, -0.15) is 0 Å². The van der Waals surface area contributed by atoms with E-state index in [4.69, 9.17) is 9.47 Å². The van der Waals surface area contributed by atoms with Crippen LogP contribution in [0.25, 0.3) is 0 Å². The molecule has 0 spiro atoms.